The van der Waals surface area contributed by atoms with Gasteiger partial charge in [0.05, 0.1) is 35.0 Å². The number of H-pyrrole nitrogens is 1. The summed E-state index contributed by atoms with van der Waals surface area (Å²) >= 11 is 0. The molecule has 2 aromatic carbocycles. The molecule has 2 aromatic heterocycles. The molecule has 6 rings (SSSR count). The van der Waals surface area contributed by atoms with E-state index in [1.54, 1.807) is 18.2 Å². The summed E-state index contributed by atoms with van der Waals surface area (Å²) in [6, 6.07) is 6.82. The maximum absolute atomic E-state index is 15.3. The molecule has 174 valence electrons. The molecule has 0 spiro atoms. The molecular formula is C23H16F5N5O. The molecule has 1 N–H and O–H groups in total. The highest BCUT2D eigenvalue weighted by molar-refractivity contribution is 6.04. The Morgan fingerprint density at radius 1 is 1.00 bits per heavy atom. The van der Waals surface area contributed by atoms with Crippen molar-refractivity contribution >= 4 is 22.6 Å². The number of nitrogens with zero attached hydrogens (tertiary/aromatic N) is 4. The van der Waals surface area contributed by atoms with Gasteiger partial charge < -0.3 is 9.88 Å². The lowest BCUT2D eigenvalue weighted by Crippen LogP contribution is -2.56. The van der Waals surface area contributed by atoms with Crippen molar-refractivity contribution in [3.05, 3.63) is 71.8 Å². The monoisotopic (exact) mass is 473 g/mol. The van der Waals surface area contributed by atoms with Crippen molar-refractivity contribution in [1.29, 1.82) is 0 Å². The van der Waals surface area contributed by atoms with Crippen molar-refractivity contribution in [3.63, 3.8) is 0 Å². The summed E-state index contributed by atoms with van der Waals surface area (Å²) in [5.41, 5.74) is 0.186. The number of anilines is 1. The minimum Gasteiger partial charge on any atom is -0.345 e. The van der Waals surface area contributed by atoms with Crippen LogP contribution >= 0.6 is 0 Å². The van der Waals surface area contributed by atoms with Crippen LogP contribution in [0.2, 0.25) is 0 Å². The second kappa shape index (κ2) is 7.12. The number of hydrogen-bond donors (Lipinski definition) is 1. The number of fused-ring (bicyclic) bond motifs is 1. The molecule has 2 fully saturated rings. The number of halogens is 5. The van der Waals surface area contributed by atoms with Crippen molar-refractivity contribution in [2.24, 2.45) is 11.8 Å². The smallest absolute Gasteiger partial charge is 0.345 e. The fourth-order valence-corrected chi connectivity index (χ4v) is 4.70. The van der Waals surface area contributed by atoms with Gasteiger partial charge in [-0.2, -0.15) is 18.3 Å². The summed E-state index contributed by atoms with van der Waals surface area (Å²) in [7, 11) is 0. The first-order chi connectivity index (χ1) is 16.2. The Bertz CT molecular complexity index is 1410. The Morgan fingerprint density at radius 2 is 1.74 bits per heavy atom. The normalized spacial score (nSPS) is 20.7. The lowest BCUT2D eigenvalue weighted by atomic mass is 9.78. The van der Waals surface area contributed by atoms with Crippen molar-refractivity contribution in [2.45, 2.75) is 25.1 Å². The molecule has 0 bridgehead atoms. The van der Waals surface area contributed by atoms with E-state index in [1.165, 1.54) is 11.2 Å². The lowest BCUT2D eigenvalue weighted by molar-refractivity contribution is -0.141. The fraction of sp³-hybridized carbons (Fsp3) is 0.261. The molecule has 1 amide bonds. The van der Waals surface area contributed by atoms with Crippen LogP contribution in [0, 0.1) is 23.5 Å². The van der Waals surface area contributed by atoms with E-state index in [-0.39, 0.29) is 23.1 Å². The predicted molar refractivity (Wildman–Crippen MR) is 111 cm³/mol. The molecule has 1 unspecified atom stereocenters. The summed E-state index contributed by atoms with van der Waals surface area (Å²) in [6.07, 6.45) is -0.583. The standard InChI is InChI=1S/C23H16F5N5O/c24-14-7-13(32-6-5-18(31-32)23(26,27)28)8-15(25)20(14)21-19(11-1-2-11)22(34)33(21)12-3-4-16-17(9-12)30-10-29-16/h3-11,19,21H,1-2H2,(H,29,30)/t19-,21?/m1/s1. The van der Waals surface area contributed by atoms with Crippen molar-refractivity contribution in [2.75, 3.05) is 4.90 Å². The number of alkyl halides is 3. The third kappa shape index (κ3) is 3.17. The first kappa shape index (κ1) is 20.8. The molecule has 34 heavy (non-hydrogen) atoms. The van der Waals surface area contributed by atoms with Gasteiger partial charge in [-0.05, 0) is 43.0 Å². The Kier molecular flexibility index (Phi) is 4.36. The third-order valence-corrected chi connectivity index (χ3v) is 6.46. The number of aromatic amines is 1. The second-order valence-corrected chi connectivity index (χ2v) is 8.59. The maximum Gasteiger partial charge on any atom is 0.435 e. The van der Waals surface area contributed by atoms with Gasteiger partial charge in [-0.1, -0.05) is 0 Å². The molecule has 1 aliphatic carbocycles. The minimum absolute atomic E-state index is 0.0433. The van der Waals surface area contributed by atoms with E-state index in [4.69, 9.17) is 0 Å². The first-order valence-electron chi connectivity index (χ1n) is 10.6. The highest BCUT2D eigenvalue weighted by Gasteiger charge is 2.56. The molecule has 1 saturated heterocycles. The van der Waals surface area contributed by atoms with E-state index in [1.807, 2.05) is 0 Å². The number of carbonyl (C=O) groups is 1. The summed E-state index contributed by atoms with van der Waals surface area (Å²) in [5, 5.41) is 3.38. The van der Waals surface area contributed by atoms with Crippen LogP contribution in [0.1, 0.15) is 30.1 Å². The zero-order valence-electron chi connectivity index (χ0n) is 17.4. The Labute approximate surface area is 189 Å². The number of hydrogen-bond acceptors (Lipinski definition) is 3. The van der Waals surface area contributed by atoms with Crippen LogP contribution in [-0.2, 0) is 11.0 Å². The zero-order chi connectivity index (χ0) is 23.8. The number of nitrogens with one attached hydrogen (secondary N) is 1. The van der Waals surface area contributed by atoms with Crippen LogP contribution in [0.15, 0.2) is 48.9 Å². The van der Waals surface area contributed by atoms with Gasteiger partial charge in [-0.25, -0.2) is 18.4 Å². The van der Waals surface area contributed by atoms with E-state index in [0.29, 0.717) is 11.2 Å². The predicted octanol–water partition coefficient (Wildman–Crippen LogP) is 5.16. The van der Waals surface area contributed by atoms with Crippen molar-refractivity contribution in [1.82, 2.24) is 19.7 Å². The van der Waals surface area contributed by atoms with E-state index in [9.17, 15) is 18.0 Å². The van der Waals surface area contributed by atoms with Gasteiger partial charge in [0.1, 0.15) is 11.6 Å². The number of imidazole rings is 1. The quantitative estimate of drug-likeness (QED) is 0.329. The number of amides is 1. The molecule has 0 radical (unpaired) electrons. The number of aromatic nitrogens is 4. The molecule has 1 aliphatic heterocycles. The van der Waals surface area contributed by atoms with Crippen LogP contribution in [0.25, 0.3) is 16.7 Å². The molecule has 3 heterocycles. The van der Waals surface area contributed by atoms with Crippen LogP contribution in [-0.4, -0.2) is 25.7 Å². The highest BCUT2D eigenvalue weighted by Crippen LogP contribution is 2.55. The number of β-lactam (4-membered cyclic amide) rings is 1. The molecule has 2 atom stereocenters. The van der Waals surface area contributed by atoms with Crippen LogP contribution < -0.4 is 4.90 Å². The Balaban J connectivity index is 1.41. The average Bonchev–Trinajstić information content (AvgIpc) is 3.26. The van der Waals surface area contributed by atoms with E-state index < -0.39 is 35.5 Å². The van der Waals surface area contributed by atoms with E-state index >= 15 is 8.78 Å². The molecule has 11 heteroatoms. The highest BCUT2D eigenvalue weighted by atomic mass is 19.4. The fourth-order valence-electron chi connectivity index (χ4n) is 4.70. The number of rotatable bonds is 4. The SMILES string of the molecule is O=C1[C@H](C2CC2)C(c2c(F)cc(-n3ccc(C(F)(F)F)n3)cc2F)N1c1ccc2[nH]cnc2c1. The summed E-state index contributed by atoms with van der Waals surface area (Å²) in [4.78, 5) is 21.5. The molecule has 2 aliphatic rings. The van der Waals surface area contributed by atoms with E-state index in [0.717, 1.165) is 47.4 Å². The van der Waals surface area contributed by atoms with Gasteiger partial charge in [0.2, 0.25) is 5.91 Å². The largest absolute Gasteiger partial charge is 0.435 e. The van der Waals surface area contributed by atoms with Crippen molar-refractivity contribution in [3.8, 4) is 5.69 Å². The van der Waals surface area contributed by atoms with Crippen molar-refractivity contribution < 1.29 is 26.7 Å². The third-order valence-electron chi connectivity index (χ3n) is 6.46. The first-order valence-corrected chi connectivity index (χ1v) is 10.6. The minimum atomic E-state index is -4.68. The van der Waals surface area contributed by atoms with Gasteiger partial charge in [0.15, 0.2) is 5.69 Å². The van der Waals surface area contributed by atoms with E-state index in [2.05, 4.69) is 15.1 Å². The topological polar surface area (TPSA) is 66.8 Å². The summed E-state index contributed by atoms with van der Waals surface area (Å²) in [6.45, 7) is 0. The second-order valence-electron chi connectivity index (χ2n) is 8.59. The maximum atomic E-state index is 15.3. The molecular weight excluding hydrogens is 457 g/mol. The zero-order valence-corrected chi connectivity index (χ0v) is 17.4. The van der Waals surface area contributed by atoms with Crippen LogP contribution in [0.3, 0.4) is 0 Å². The lowest BCUT2D eigenvalue weighted by Gasteiger charge is -2.48. The van der Waals surface area contributed by atoms with Gasteiger partial charge >= 0.3 is 6.18 Å². The van der Waals surface area contributed by atoms with Crippen LogP contribution in [0.4, 0.5) is 27.6 Å². The molecule has 6 nitrogen and oxygen atoms in total. The Hall–Kier alpha value is -3.76. The molecule has 1 saturated carbocycles. The van der Waals surface area contributed by atoms with Gasteiger partial charge in [0.25, 0.3) is 0 Å². The molecule has 4 aromatic rings. The summed E-state index contributed by atoms with van der Waals surface area (Å²) in [5.74, 6) is -2.64. The average molecular weight is 473 g/mol. The number of benzene rings is 2. The Morgan fingerprint density at radius 3 is 2.38 bits per heavy atom. The van der Waals surface area contributed by atoms with Crippen LogP contribution in [0.5, 0.6) is 0 Å². The van der Waals surface area contributed by atoms with Gasteiger partial charge in [-0.15, -0.1) is 0 Å². The van der Waals surface area contributed by atoms with Gasteiger partial charge in [-0.3, -0.25) is 4.79 Å². The number of carbonyl (C=O) groups excluding carboxylic acids is 1. The van der Waals surface area contributed by atoms with Gasteiger partial charge in [0, 0.05) is 29.6 Å². The summed E-state index contributed by atoms with van der Waals surface area (Å²) < 4.78 is 70.0.